The van der Waals surface area contributed by atoms with E-state index in [1.165, 1.54) is 37.7 Å². The van der Waals surface area contributed by atoms with Crippen molar-refractivity contribution in [1.29, 1.82) is 0 Å². The van der Waals surface area contributed by atoms with Gasteiger partial charge in [-0.2, -0.15) is 0 Å². The second-order valence-electron chi connectivity index (χ2n) is 7.21. The maximum atomic E-state index is 12.6. The molecule has 1 unspecified atom stereocenters. The first-order valence-corrected chi connectivity index (χ1v) is 10.8. The van der Waals surface area contributed by atoms with E-state index in [2.05, 4.69) is 22.2 Å². The summed E-state index contributed by atoms with van der Waals surface area (Å²) in [6, 6.07) is 15.6. The molecular formula is C21H25N3O2S. The van der Waals surface area contributed by atoms with Crippen molar-refractivity contribution in [3.05, 3.63) is 54.1 Å². The molecule has 1 aliphatic carbocycles. The van der Waals surface area contributed by atoms with Crippen LogP contribution in [0.5, 0.6) is 0 Å². The summed E-state index contributed by atoms with van der Waals surface area (Å²) >= 11 is 0. The molecule has 1 aliphatic heterocycles. The van der Waals surface area contributed by atoms with Crippen molar-refractivity contribution in [1.82, 2.24) is 5.32 Å². The largest absolute Gasteiger partial charge is 0.336 e. The molecule has 1 heterocycles. The highest BCUT2D eigenvalue weighted by Crippen LogP contribution is 2.33. The second kappa shape index (κ2) is 8.13. The van der Waals surface area contributed by atoms with Crippen molar-refractivity contribution in [3.8, 4) is 0 Å². The Bertz CT molecular complexity index is 814. The first kappa shape index (κ1) is 18.0. The number of hydrogen-bond acceptors (Lipinski definition) is 2. The summed E-state index contributed by atoms with van der Waals surface area (Å²) in [6.45, 7) is 1.32. The Morgan fingerprint density at radius 3 is 2.30 bits per heavy atom. The second-order valence-corrected chi connectivity index (χ2v) is 8.42. The number of carbonyl (C=O) groups is 1. The van der Waals surface area contributed by atoms with Crippen LogP contribution in [-0.2, 0) is 11.0 Å². The topological polar surface area (TPSA) is 61.4 Å². The van der Waals surface area contributed by atoms with Crippen LogP contribution in [0.4, 0.5) is 16.2 Å². The molecule has 6 heteroatoms. The van der Waals surface area contributed by atoms with Crippen LogP contribution in [0.25, 0.3) is 0 Å². The van der Waals surface area contributed by atoms with E-state index >= 15 is 0 Å². The van der Waals surface area contributed by atoms with E-state index in [-0.39, 0.29) is 6.03 Å². The molecule has 2 N–H and O–H groups in total. The number of nitrogens with zero attached hydrogens (tertiary/aromatic N) is 1. The lowest BCUT2D eigenvalue weighted by Crippen LogP contribution is -2.27. The van der Waals surface area contributed by atoms with Gasteiger partial charge < -0.3 is 10.0 Å². The van der Waals surface area contributed by atoms with Crippen molar-refractivity contribution in [2.24, 2.45) is 0 Å². The lowest BCUT2D eigenvalue weighted by atomic mass is 9.84. The highest BCUT2D eigenvalue weighted by atomic mass is 32.2. The normalized spacial score (nSPS) is 19.0. The fourth-order valence-electron chi connectivity index (χ4n) is 3.89. The van der Waals surface area contributed by atoms with E-state index in [1.807, 2.05) is 24.3 Å². The molecular weight excluding hydrogens is 358 g/mol. The predicted octanol–water partition coefficient (Wildman–Crippen LogP) is 4.40. The minimum Gasteiger partial charge on any atom is -0.336 e. The lowest BCUT2D eigenvalue weighted by molar-refractivity contribution is 0.252. The summed E-state index contributed by atoms with van der Waals surface area (Å²) in [6.07, 6.45) is 6.56. The monoisotopic (exact) mass is 383 g/mol. The molecule has 2 amide bonds. The van der Waals surface area contributed by atoms with Crippen molar-refractivity contribution in [2.75, 3.05) is 22.7 Å². The highest BCUT2D eigenvalue weighted by Gasteiger charge is 2.21. The molecule has 0 aromatic heterocycles. The quantitative estimate of drug-likeness (QED) is 0.804. The molecule has 0 spiro atoms. The molecule has 142 valence electrons. The average Bonchev–Trinajstić information content (AvgIpc) is 3.15. The van der Waals surface area contributed by atoms with Gasteiger partial charge in [0, 0.05) is 24.5 Å². The number of nitrogens with one attached hydrogen (secondary N) is 2. The molecule has 5 nitrogen and oxygen atoms in total. The van der Waals surface area contributed by atoms with Crippen LogP contribution in [0.1, 0.15) is 43.6 Å². The van der Waals surface area contributed by atoms with Gasteiger partial charge in [-0.25, -0.2) is 9.00 Å². The summed E-state index contributed by atoms with van der Waals surface area (Å²) in [5.74, 6) is 0.675. The number of hydrogen-bond donors (Lipinski definition) is 2. The van der Waals surface area contributed by atoms with Gasteiger partial charge in [-0.3, -0.25) is 4.90 Å². The van der Waals surface area contributed by atoms with Crippen molar-refractivity contribution in [3.63, 3.8) is 0 Å². The third-order valence-electron chi connectivity index (χ3n) is 5.42. The van der Waals surface area contributed by atoms with Gasteiger partial charge in [0.05, 0.1) is 4.90 Å². The predicted molar refractivity (Wildman–Crippen MR) is 109 cm³/mol. The lowest BCUT2D eigenvalue weighted by Gasteiger charge is -2.22. The number of amides is 2. The van der Waals surface area contributed by atoms with Crippen molar-refractivity contribution >= 4 is 28.4 Å². The first-order valence-electron chi connectivity index (χ1n) is 9.64. The Kier molecular flexibility index (Phi) is 5.43. The summed E-state index contributed by atoms with van der Waals surface area (Å²) in [4.78, 5) is 14.1. The van der Waals surface area contributed by atoms with E-state index < -0.39 is 11.0 Å². The van der Waals surface area contributed by atoms with E-state index in [1.54, 1.807) is 17.0 Å². The third-order valence-corrected chi connectivity index (χ3v) is 6.54. The Morgan fingerprint density at radius 2 is 1.67 bits per heavy atom. The Balaban J connectivity index is 1.39. The molecule has 1 atom stereocenters. The minimum absolute atomic E-state index is 0.0833. The van der Waals surface area contributed by atoms with Crippen molar-refractivity contribution in [2.45, 2.75) is 42.9 Å². The van der Waals surface area contributed by atoms with Gasteiger partial charge in [0.2, 0.25) is 0 Å². The minimum atomic E-state index is -1.33. The van der Waals surface area contributed by atoms with Crippen LogP contribution in [0.3, 0.4) is 0 Å². The number of anilines is 2. The van der Waals surface area contributed by atoms with E-state index in [0.717, 1.165) is 11.4 Å². The zero-order valence-corrected chi connectivity index (χ0v) is 16.1. The number of urea groups is 1. The fourth-order valence-corrected chi connectivity index (χ4v) is 4.74. The Morgan fingerprint density at radius 1 is 0.963 bits per heavy atom. The van der Waals surface area contributed by atoms with Crippen LogP contribution in [0.2, 0.25) is 0 Å². The molecule has 0 bridgehead atoms. The molecule has 2 fully saturated rings. The number of rotatable bonds is 5. The van der Waals surface area contributed by atoms with Gasteiger partial charge in [-0.1, -0.05) is 31.4 Å². The number of carbonyl (C=O) groups excluding carboxylic acids is 1. The van der Waals surface area contributed by atoms with Gasteiger partial charge in [0.15, 0.2) is 0 Å². The molecule has 0 radical (unpaired) electrons. The molecule has 2 aliphatic rings. The van der Waals surface area contributed by atoms with E-state index in [4.69, 9.17) is 0 Å². The van der Waals surface area contributed by atoms with Crippen LogP contribution in [0.15, 0.2) is 53.4 Å². The van der Waals surface area contributed by atoms with Crippen LogP contribution in [0, 0.1) is 0 Å². The SMILES string of the molecule is O=C1NCCN1c1ccc(S(=O)Nc2ccc(C3CCCCC3)cc2)cc1. The molecule has 1 saturated carbocycles. The van der Waals surface area contributed by atoms with Gasteiger partial charge in [-0.05, 0) is 60.7 Å². The fraction of sp³-hybridized carbons (Fsp3) is 0.381. The summed E-state index contributed by atoms with van der Waals surface area (Å²) in [5.41, 5.74) is 3.07. The van der Waals surface area contributed by atoms with Gasteiger partial charge in [0.25, 0.3) is 0 Å². The average molecular weight is 384 g/mol. The van der Waals surface area contributed by atoms with Crippen LogP contribution in [-0.4, -0.2) is 23.3 Å². The third kappa shape index (κ3) is 4.16. The van der Waals surface area contributed by atoms with Crippen LogP contribution >= 0.6 is 0 Å². The van der Waals surface area contributed by atoms with E-state index in [9.17, 15) is 9.00 Å². The summed E-state index contributed by atoms with van der Waals surface area (Å²) < 4.78 is 15.7. The van der Waals surface area contributed by atoms with Gasteiger partial charge in [0.1, 0.15) is 11.0 Å². The zero-order chi connectivity index (χ0) is 18.6. The molecule has 1 saturated heterocycles. The van der Waals surface area contributed by atoms with Crippen molar-refractivity contribution < 1.29 is 9.00 Å². The summed E-state index contributed by atoms with van der Waals surface area (Å²) in [7, 11) is -1.33. The molecule has 27 heavy (non-hydrogen) atoms. The highest BCUT2D eigenvalue weighted by molar-refractivity contribution is 7.86. The molecule has 4 rings (SSSR count). The first-order chi connectivity index (χ1) is 13.2. The van der Waals surface area contributed by atoms with Gasteiger partial charge in [-0.15, -0.1) is 0 Å². The van der Waals surface area contributed by atoms with E-state index in [0.29, 0.717) is 23.9 Å². The molecule has 2 aromatic carbocycles. The Labute approximate surface area is 162 Å². The zero-order valence-electron chi connectivity index (χ0n) is 15.3. The molecule has 2 aromatic rings. The van der Waals surface area contributed by atoms with Gasteiger partial charge >= 0.3 is 6.03 Å². The maximum absolute atomic E-state index is 12.6. The standard InChI is InChI=1S/C21H25N3O2S/c25-21-22-14-15-24(21)19-10-12-20(13-11-19)27(26)23-18-8-6-17(7-9-18)16-4-2-1-3-5-16/h6-13,16,23H,1-5,14-15H2,(H,22,25). The Hall–Kier alpha value is -2.34. The number of benzene rings is 2. The maximum Gasteiger partial charge on any atom is 0.321 e. The van der Waals surface area contributed by atoms with Crippen LogP contribution < -0.4 is 14.9 Å². The smallest absolute Gasteiger partial charge is 0.321 e. The summed E-state index contributed by atoms with van der Waals surface area (Å²) in [5, 5.41) is 2.78.